The van der Waals surface area contributed by atoms with Crippen LogP contribution in [0.4, 0.5) is 0 Å². The van der Waals surface area contributed by atoms with Gasteiger partial charge in [0, 0.05) is 5.92 Å². The third-order valence-electron chi connectivity index (χ3n) is 7.64. The van der Waals surface area contributed by atoms with E-state index in [1.165, 1.54) is 11.1 Å². The van der Waals surface area contributed by atoms with Gasteiger partial charge in [-0.1, -0.05) is 58.0 Å². The summed E-state index contributed by atoms with van der Waals surface area (Å²) in [5.41, 5.74) is 10.8. The van der Waals surface area contributed by atoms with E-state index in [1.54, 1.807) is 0 Å². The SMILES string of the molecule is CCCOc1ccc2c(c1)CC(C(=O)[C@@H](N)C(C)(C)C)[C@H](C(=O)N[C@@H]1CCCc3ccccc31)C2. The Morgan fingerprint density at radius 1 is 1.06 bits per heavy atom. The molecule has 0 heterocycles. The van der Waals surface area contributed by atoms with E-state index >= 15 is 0 Å². The molecule has 4 rings (SSSR count). The summed E-state index contributed by atoms with van der Waals surface area (Å²) in [5, 5.41) is 3.32. The molecule has 0 saturated carbocycles. The Balaban J connectivity index is 1.61. The number of Topliss-reactive ketones (excluding diaryl/α,β-unsaturated/α-hetero) is 1. The number of benzene rings is 2. The first-order chi connectivity index (χ1) is 16.7. The number of rotatable bonds is 7. The zero-order chi connectivity index (χ0) is 25.2. The number of carbonyl (C=O) groups excluding carboxylic acids is 2. The van der Waals surface area contributed by atoms with E-state index in [9.17, 15) is 9.59 Å². The first-order valence-corrected chi connectivity index (χ1v) is 13.1. The Bertz CT molecular complexity index is 1070. The Labute approximate surface area is 209 Å². The molecule has 2 aliphatic rings. The van der Waals surface area contributed by atoms with Gasteiger partial charge >= 0.3 is 0 Å². The van der Waals surface area contributed by atoms with Gasteiger partial charge in [0.1, 0.15) is 5.75 Å². The van der Waals surface area contributed by atoms with E-state index in [-0.39, 0.29) is 23.1 Å². The van der Waals surface area contributed by atoms with Crippen molar-refractivity contribution in [3.05, 3.63) is 64.7 Å². The zero-order valence-corrected chi connectivity index (χ0v) is 21.6. The van der Waals surface area contributed by atoms with Crippen LogP contribution in [0.3, 0.4) is 0 Å². The fraction of sp³-hybridized carbons (Fsp3) is 0.533. The van der Waals surface area contributed by atoms with Crippen molar-refractivity contribution in [2.24, 2.45) is 23.0 Å². The number of carbonyl (C=O) groups is 2. The second kappa shape index (κ2) is 10.5. The van der Waals surface area contributed by atoms with Crippen LogP contribution >= 0.6 is 0 Å². The van der Waals surface area contributed by atoms with Gasteiger partial charge in [-0.15, -0.1) is 0 Å². The number of hydrogen-bond donors (Lipinski definition) is 2. The molecule has 4 atom stereocenters. The van der Waals surface area contributed by atoms with E-state index in [1.807, 2.05) is 39.0 Å². The van der Waals surface area contributed by atoms with Crippen LogP contribution in [0.5, 0.6) is 5.75 Å². The third-order valence-corrected chi connectivity index (χ3v) is 7.64. The molecule has 2 aromatic rings. The summed E-state index contributed by atoms with van der Waals surface area (Å²) >= 11 is 0. The lowest BCUT2D eigenvalue weighted by molar-refractivity contribution is -0.136. The van der Waals surface area contributed by atoms with Crippen LogP contribution in [0.1, 0.15) is 75.3 Å². The number of amides is 1. The highest BCUT2D eigenvalue weighted by Crippen LogP contribution is 2.37. The van der Waals surface area contributed by atoms with Crippen molar-refractivity contribution in [2.75, 3.05) is 6.61 Å². The van der Waals surface area contributed by atoms with Gasteiger partial charge in [-0.3, -0.25) is 9.59 Å². The maximum atomic E-state index is 13.8. The van der Waals surface area contributed by atoms with Crippen LogP contribution in [0.2, 0.25) is 0 Å². The molecule has 0 aliphatic heterocycles. The predicted octanol–water partition coefficient (Wildman–Crippen LogP) is 4.94. The molecule has 0 saturated heterocycles. The molecular weight excluding hydrogens is 436 g/mol. The van der Waals surface area contributed by atoms with Crippen LogP contribution in [0.15, 0.2) is 42.5 Å². The van der Waals surface area contributed by atoms with Crippen molar-refractivity contribution >= 4 is 11.7 Å². The molecule has 5 heteroatoms. The lowest BCUT2D eigenvalue weighted by Crippen LogP contribution is -2.51. The maximum Gasteiger partial charge on any atom is 0.224 e. The van der Waals surface area contributed by atoms with Crippen molar-refractivity contribution in [1.29, 1.82) is 0 Å². The van der Waals surface area contributed by atoms with Crippen LogP contribution in [-0.4, -0.2) is 24.3 Å². The van der Waals surface area contributed by atoms with Gasteiger partial charge in [-0.05, 0) is 78.3 Å². The van der Waals surface area contributed by atoms with E-state index in [0.29, 0.717) is 19.4 Å². The van der Waals surface area contributed by atoms with Crippen LogP contribution in [0.25, 0.3) is 0 Å². The lowest BCUT2D eigenvalue weighted by Gasteiger charge is -2.37. The number of nitrogens with one attached hydrogen (secondary N) is 1. The fourth-order valence-electron chi connectivity index (χ4n) is 5.47. The quantitative estimate of drug-likeness (QED) is 0.593. The van der Waals surface area contributed by atoms with E-state index in [4.69, 9.17) is 10.5 Å². The monoisotopic (exact) mass is 476 g/mol. The van der Waals surface area contributed by atoms with E-state index < -0.39 is 17.9 Å². The van der Waals surface area contributed by atoms with Gasteiger partial charge in [-0.25, -0.2) is 0 Å². The minimum atomic E-state index is -0.626. The average molecular weight is 477 g/mol. The number of ketones is 1. The first kappa shape index (κ1) is 25.4. The van der Waals surface area contributed by atoms with Crippen molar-refractivity contribution in [1.82, 2.24) is 5.32 Å². The molecule has 0 aromatic heterocycles. The molecule has 5 nitrogen and oxygen atoms in total. The number of ether oxygens (including phenoxy) is 1. The second-order valence-electron chi connectivity index (χ2n) is 11.3. The summed E-state index contributed by atoms with van der Waals surface area (Å²) in [6, 6.07) is 13.8. The predicted molar refractivity (Wildman–Crippen MR) is 139 cm³/mol. The molecule has 2 aliphatic carbocycles. The van der Waals surface area contributed by atoms with E-state index in [2.05, 4.69) is 36.5 Å². The molecule has 0 radical (unpaired) electrons. The summed E-state index contributed by atoms with van der Waals surface area (Å²) in [4.78, 5) is 27.4. The molecule has 0 spiro atoms. The normalized spacial score (nSPS) is 22.5. The van der Waals surface area contributed by atoms with Gasteiger partial charge in [0.25, 0.3) is 0 Å². The highest BCUT2D eigenvalue weighted by atomic mass is 16.5. The number of hydrogen-bond acceptors (Lipinski definition) is 4. The molecule has 1 unspecified atom stereocenters. The van der Waals surface area contributed by atoms with Gasteiger partial charge in [-0.2, -0.15) is 0 Å². The Kier molecular flexibility index (Phi) is 7.65. The van der Waals surface area contributed by atoms with Crippen molar-refractivity contribution in [3.8, 4) is 5.75 Å². The van der Waals surface area contributed by atoms with Gasteiger partial charge in [0.05, 0.1) is 24.6 Å². The maximum absolute atomic E-state index is 13.8. The molecule has 2 aromatic carbocycles. The highest BCUT2D eigenvalue weighted by Gasteiger charge is 2.42. The minimum absolute atomic E-state index is 0.00860. The summed E-state index contributed by atoms with van der Waals surface area (Å²) in [5.74, 6) is -0.120. The molecule has 3 N–H and O–H groups in total. The van der Waals surface area contributed by atoms with Crippen LogP contribution in [0, 0.1) is 17.3 Å². The summed E-state index contributed by atoms with van der Waals surface area (Å²) in [7, 11) is 0. The van der Waals surface area contributed by atoms with Gasteiger partial charge in [0.2, 0.25) is 5.91 Å². The topological polar surface area (TPSA) is 81.4 Å². The van der Waals surface area contributed by atoms with Crippen molar-refractivity contribution in [2.45, 2.75) is 78.3 Å². The lowest BCUT2D eigenvalue weighted by atomic mass is 9.69. The smallest absolute Gasteiger partial charge is 0.224 e. The van der Waals surface area contributed by atoms with Gasteiger partial charge in [0.15, 0.2) is 5.78 Å². The fourth-order valence-corrected chi connectivity index (χ4v) is 5.47. The number of aryl methyl sites for hydroxylation is 1. The molecule has 0 bridgehead atoms. The Hall–Kier alpha value is -2.66. The summed E-state index contributed by atoms with van der Waals surface area (Å²) in [6.45, 7) is 8.68. The molecule has 35 heavy (non-hydrogen) atoms. The van der Waals surface area contributed by atoms with Crippen LogP contribution in [-0.2, 0) is 28.9 Å². The zero-order valence-electron chi connectivity index (χ0n) is 21.6. The summed E-state index contributed by atoms with van der Waals surface area (Å²) in [6.07, 6.45) is 5.00. The number of fused-ring (bicyclic) bond motifs is 2. The van der Waals surface area contributed by atoms with Crippen LogP contribution < -0.4 is 15.8 Å². The molecule has 0 fully saturated rings. The van der Waals surface area contributed by atoms with Crippen molar-refractivity contribution in [3.63, 3.8) is 0 Å². The second-order valence-corrected chi connectivity index (χ2v) is 11.3. The Morgan fingerprint density at radius 2 is 1.80 bits per heavy atom. The minimum Gasteiger partial charge on any atom is -0.494 e. The summed E-state index contributed by atoms with van der Waals surface area (Å²) < 4.78 is 5.84. The highest BCUT2D eigenvalue weighted by molar-refractivity contribution is 5.93. The number of nitrogens with two attached hydrogens (primary N) is 1. The average Bonchev–Trinajstić information content (AvgIpc) is 2.85. The Morgan fingerprint density at radius 3 is 2.54 bits per heavy atom. The first-order valence-electron chi connectivity index (χ1n) is 13.1. The molecule has 188 valence electrons. The standard InChI is InChI=1S/C30H40N2O3/c1-5-15-35-22-14-13-20-17-25(24(18-21(20)16-22)27(33)28(31)30(2,3)4)29(34)32-26-12-8-10-19-9-6-7-11-23(19)26/h6-7,9,11,13-14,16,24-26,28H,5,8,10,12,15,17-18,31H2,1-4H3,(H,32,34)/t24?,25-,26-,28-/m1/s1. The largest absolute Gasteiger partial charge is 0.494 e. The molecular formula is C30H40N2O3. The van der Waals surface area contributed by atoms with Gasteiger partial charge < -0.3 is 15.8 Å². The van der Waals surface area contributed by atoms with E-state index in [0.717, 1.165) is 42.6 Å². The molecule has 1 amide bonds. The third kappa shape index (κ3) is 5.61. The van der Waals surface area contributed by atoms with Crippen molar-refractivity contribution < 1.29 is 14.3 Å².